The van der Waals surface area contributed by atoms with Gasteiger partial charge in [0.2, 0.25) is 11.8 Å². The average molecular weight is 452 g/mol. The highest BCUT2D eigenvalue weighted by Crippen LogP contribution is 2.29. The van der Waals surface area contributed by atoms with Gasteiger partial charge < -0.3 is 19.7 Å². The molecular weight excluding hydrogens is 426 g/mol. The minimum Gasteiger partial charge on any atom is -0.493 e. The molecule has 2 aromatic carbocycles. The maximum absolute atomic E-state index is 12.7. The van der Waals surface area contributed by atoms with E-state index in [0.29, 0.717) is 36.1 Å². The van der Waals surface area contributed by atoms with Gasteiger partial charge in [-0.25, -0.2) is 4.98 Å². The van der Waals surface area contributed by atoms with Crippen molar-refractivity contribution in [3.05, 3.63) is 59.5 Å². The second-order valence-electron chi connectivity index (χ2n) is 7.57. The number of thiazole rings is 1. The monoisotopic (exact) mass is 451 g/mol. The minimum absolute atomic E-state index is 0.00487. The fourth-order valence-corrected chi connectivity index (χ4v) is 4.47. The molecule has 1 unspecified atom stereocenters. The first-order valence-electron chi connectivity index (χ1n) is 10.4. The third kappa shape index (κ3) is 4.91. The largest absolute Gasteiger partial charge is 0.493 e. The molecule has 0 spiro atoms. The Labute approximate surface area is 191 Å². The number of benzene rings is 2. The molecule has 166 valence electrons. The van der Waals surface area contributed by atoms with Gasteiger partial charge in [0.05, 0.1) is 25.8 Å². The summed E-state index contributed by atoms with van der Waals surface area (Å²) < 4.78 is 10.6. The summed E-state index contributed by atoms with van der Waals surface area (Å²) in [5, 5.41) is 5.34. The van der Waals surface area contributed by atoms with Crippen LogP contribution in [0, 0.1) is 5.92 Å². The van der Waals surface area contributed by atoms with E-state index in [2.05, 4.69) is 10.3 Å². The number of hydrogen-bond acceptors (Lipinski definition) is 6. The van der Waals surface area contributed by atoms with E-state index in [1.807, 2.05) is 53.9 Å². The van der Waals surface area contributed by atoms with E-state index in [1.165, 1.54) is 11.3 Å². The molecule has 2 heterocycles. The molecule has 1 aromatic heterocycles. The summed E-state index contributed by atoms with van der Waals surface area (Å²) in [5.41, 5.74) is 2.87. The molecule has 1 saturated heterocycles. The van der Waals surface area contributed by atoms with Crippen LogP contribution in [0.25, 0.3) is 11.3 Å². The Hall–Kier alpha value is -3.39. The molecule has 1 fully saturated rings. The molecular formula is C24H25N3O4S. The van der Waals surface area contributed by atoms with E-state index in [1.54, 1.807) is 19.1 Å². The topological polar surface area (TPSA) is 80.8 Å². The smallest absolute Gasteiger partial charge is 0.231 e. The lowest BCUT2D eigenvalue weighted by Crippen LogP contribution is -2.30. The van der Waals surface area contributed by atoms with E-state index in [0.717, 1.165) is 16.8 Å². The summed E-state index contributed by atoms with van der Waals surface area (Å²) in [5.74, 6) is 0.781. The van der Waals surface area contributed by atoms with Gasteiger partial charge >= 0.3 is 0 Å². The van der Waals surface area contributed by atoms with Gasteiger partial charge in [-0.05, 0) is 24.1 Å². The van der Waals surface area contributed by atoms with Gasteiger partial charge in [-0.1, -0.05) is 36.4 Å². The quantitative estimate of drug-likeness (QED) is 0.563. The molecule has 0 saturated carbocycles. The van der Waals surface area contributed by atoms with E-state index < -0.39 is 0 Å². The van der Waals surface area contributed by atoms with Crippen LogP contribution in [0.3, 0.4) is 0 Å². The van der Waals surface area contributed by atoms with Gasteiger partial charge in [-0.2, -0.15) is 0 Å². The molecule has 1 N–H and O–H groups in total. The third-order valence-corrected chi connectivity index (χ3v) is 6.27. The molecule has 4 rings (SSSR count). The molecule has 0 aliphatic carbocycles. The molecule has 0 radical (unpaired) electrons. The van der Waals surface area contributed by atoms with E-state index >= 15 is 0 Å². The van der Waals surface area contributed by atoms with Crippen molar-refractivity contribution in [2.45, 2.75) is 12.8 Å². The van der Waals surface area contributed by atoms with Crippen molar-refractivity contribution >= 4 is 28.3 Å². The first kappa shape index (κ1) is 21.8. The average Bonchev–Trinajstić information content (AvgIpc) is 3.44. The summed E-state index contributed by atoms with van der Waals surface area (Å²) in [4.78, 5) is 31.4. The molecule has 2 amide bonds. The molecule has 1 aliphatic heterocycles. The zero-order valence-corrected chi connectivity index (χ0v) is 18.9. The van der Waals surface area contributed by atoms with E-state index in [9.17, 15) is 9.59 Å². The van der Waals surface area contributed by atoms with E-state index in [4.69, 9.17) is 9.47 Å². The highest BCUT2D eigenvalue weighted by Gasteiger charge is 2.34. The Bertz CT molecular complexity index is 1100. The first-order chi connectivity index (χ1) is 15.6. The van der Waals surface area contributed by atoms with Crippen LogP contribution in [0.15, 0.2) is 53.9 Å². The zero-order valence-electron chi connectivity index (χ0n) is 18.0. The van der Waals surface area contributed by atoms with Gasteiger partial charge in [0.1, 0.15) is 0 Å². The fraction of sp³-hybridized carbons (Fsp3) is 0.292. The molecule has 3 aromatic rings. The van der Waals surface area contributed by atoms with Crippen molar-refractivity contribution in [2.75, 3.05) is 32.6 Å². The molecule has 8 heteroatoms. The van der Waals surface area contributed by atoms with Crippen LogP contribution >= 0.6 is 11.3 Å². The summed E-state index contributed by atoms with van der Waals surface area (Å²) in [6.07, 6.45) is 0.891. The zero-order chi connectivity index (χ0) is 22.5. The van der Waals surface area contributed by atoms with Gasteiger partial charge in [-0.3, -0.25) is 9.59 Å². The van der Waals surface area contributed by atoms with Crippen LogP contribution in [0.4, 0.5) is 5.13 Å². The van der Waals surface area contributed by atoms with Crippen molar-refractivity contribution in [1.82, 2.24) is 9.88 Å². The highest BCUT2D eigenvalue weighted by molar-refractivity contribution is 7.14. The van der Waals surface area contributed by atoms with Crippen LogP contribution < -0.4 is 14.8 Å². The lowest BCUT2D eigenvalue weighted by Gasteiger charge is -2.17. The number of anilines is 1. The van der Waals surface area contributed by atoms with Crippen molar-refractivity contribution in [2.24, 2.45) is 5.92 Å². The third-order valence-electron chi connectivity index (χ3n) is 5.51. The number of methoxy groups -OCH3 is 2. The molecule has 0 bridgehead atoms. The van der Waals surface area contributed by atoms with Crippen LogP contribution in [-0.4, -0.2) is 49.0 Å². The van der Waals surface area contributed by atoms with Crippen LogP contribution in [0.1, 0.15) is 12.0 Å². The summed E-state index contributed by atoms with van der Waals surface area (Å²) >= 11 is 1.38. The van der Waals surface area contributed by atoms with Crippen molar-refractivity contribution in [3.63, 3.8) is 0 Å². The summed E-state index contributed by atoms with van der Waals surface area (Å²) in [6.45, 7) is 0.961. The number of carbonyl (C=O) groups is 2. The Kier molecular flexibility index (Phi) is 6.70. The van der Waals surface area contributed by atoms with Crippen LogP contribution in [-0.2, 0) is 16.0 Å². The minimum atomic E-state index is -0.378. The maximum atomic E-state index is 12.7. The summed E-state index contributed by atoms with van der Waals surface area (Å²) in [6, 6.07) is 15.5. The summed E-state index contributed by atoms with van der Waals surface area (Å²) in [7, 11) is 3.19. The fourth-order valence-electron chi connectivity index (χ4n) is 3.74. The number of hydrogen-bond donors (Lipinski definition) is 1. The Morgan fingerprint density at radius 2 is 1.94 bits per heavy atom. The second-order valence-corrected chi connectivity index (χ2v) is 8.43. The maximum Gasteiger partial charge on any atom is 0.231 e. The van der Waals surface area contributed by atoms with Gasteiger partial charge in [0.25, 0.3) is 0 Å². The Morgan fingerprint density at radius 1 is 1.16 bits per heavy atom. The van der Waals surface area contributed by atoms with Gasteiger partial charge in [-0.15, -0.1) is 11.3 Å². The first-order valence-corrected chi connectivity index (χ1v) is 11.3. The van der Waals surface area contributed by atoms with E-state index in [-0.39, 0.29) is 24.2 Å². The number of nitrogens with zero attached hydrogens (tertiary/aromatic N) is 2. The van der Waals surface area contributed by atoms with Crippen LogP contribution in [0.2, 0.25) is 0 Å². The lowest BCUT2D eigenvalue weighted by atomic mass is 10.1. The number of ether oxygens (including phenoxy) is 2. The number of carbonyl (C=O) groups excluding carboxylic acids is 2. The predicted molar refractivity (Wildman–Crippen MR) is 124 cm³/mol. The van der Waals surface area contributed by atoms with Gasteiger partial charge in [0, 0.05) is 30.5 Å². The molecule has 32 heavy (non-hydrogen) atoms. The normalized spacial score (nSPS) is 15.6. The Morgan fingerprint density at radius 3 is 2.69 bits per heavy atom. The van der Waals surface area contributed by atoms with Gasteiger partial charge in [0.15, 0.2) is 16.6 Å². The molecule has 1 aliphatic rings. The second kappa shape index (κ2) is 9.82. The number of nitrogens with one attached hydrogen (secondary N) is 1. The standard InChI is InChI=1S/C24H25N3O4S/c1-30-20-9-8-16(12-21(20)31-2)10-11-27-14-18(13-22(27)28)23(29)26-24-25-19(15-32-24)17-6-4-3-5-7-17/h3-9,12,15,18H,10-11,13-14H2,1-2H3,(H,25,26,29). The number of aromatic nitrogens is 1. The molecule has 1 atom stereocenters. The lowest BCUT2D eigenvalue weighted by molar-refractivity contribution is -0.128. The Balaban J connectivity index is 1.32. The van der Waals surface area contributed by atoms with Crippen molar-refractivity contribution in [3.8, 4) is 22.8 Å². The number of amides is 2. The van der Waals surface area contributed by atoms with Crippen molar-refractivity contribution in [1.29, 1.82) is 0 Å². The number of rotatable bonds is 8. The van der Waals surface area contributed by atoms with Crippen molar-refractivity contribution < 1.29 is 19.1 Å². The van der Waals surface area contributed by atoms with Crippen LogP contribution in [0.5, 0.6) is 11.5 Å². The highest BCUT2D eigenvalue weighted by atomic mass is 32.1. The SMILES string of the molecule is COc1ccc(CCN2CC(C(=O)Nc3nc(-c4ccccc4)cs3)CC2=O)cc1OC. The molecule has 7 nitrogen and oxygen atoms in total. The number of likely N-dealkylation sites (tertiary alicyclic amines) is 1. The predicted octanol–water partition coefficient (Wildman–Crippen LogP) is 3.86.